The average molecular weight is 314 g/mol. The number of nitrogens with two attached hydrogens (primary N) is 1. The standard InChI is InChI=1S/C16H18N4OS/c1-19(2)20-11-5-3-6-12(21)15(11)14(10(9-17)16(20)18)13-7-4-8-22-13/h4,7-8,14H,3,5-6,18H2,1-2H3/t14-/m0/s1. The molecule has 0 bridgehead atoms. The molecule has 1 aliphatic heterocycles. The second kappa shape index (κ2) is 5.59. The van der Waals surface area contributed by atoms with Crippen molar-refractivity contribution < 1.29 is 4.79 Å². The van der Waals surface area contributed by atoms with E-state index in [-0.39, 0.29) is 11.7 Å². The molecule has 1 atom stereocenters. The average Bonchev–Trinajstić information content (AvgIpc) is 2.99. The summed E-state index contributed by atoms with van der Waals surface area (Å²) in [7, 11) is 3.74. The largest absolute Gasteiger partial charge is 0.383 e. The van der Waals surface area contributed by atoms with Crippen molar-refractivity contribution in [1.82, 2.24) is 10.0 Å². The van der Waals surface area contributed by atoms with Crippen LogP contribution in [0.1, 0.15) is 30.1 Å². The van der Waals surface area contributed by atoms with Gasteiger partial charge in [0, 0.05) is 36.7 Å². The molecular weight excluding hydrogens is 296 g/mol. The second-order valence-electron chi connectivity index (χ2n) is 5.66. The molecule has 2 aliphatic rings. The van der Waals surface area contributed by atoms with Crippen molar-refractivity contribution in [2.75, 3.05) is 14.1 Å². The number of hydrazine groups is 1. The number of thiophene rings is 1. The van der Waals surface area contributed by atoms with E-state index in [0.717, 1.165) is 29.0 Å². The molecule has 2 heterocycles. The third-order valence-electron chi connectivity index (χ3n) is 4.11. The molecule has 1 aromatic rings. The normalized spacial score (nSPS) is 22.2. The predicted octanol–water partition coefficient (Wildman–Crippen LogP) is 2.32. The van der Waals surface area contributed by atoms with Gasteiger partial charge < -0.3 is 5.73 Å². The quantitative estimate of drug-likeness (QED) is 0.907. The number of hydrogen-bond acceptors (Lipinski definition) is 6. The summed E-state index contributed by atoms with van der Waals surface area (Å²) in [4.78, 5) is 13.6. The van der Waals surface area contributed by atoms with Crippen LogP contribution in [-0.2, 0) is 4.79 Å². The summed E-state index contributed by atoms with van der Waals surface area (Å²) in [5.74, 6) is 0.245. The van der Waals surface area contributed by atoms with Crippen LogP contribution in [0.2, 0.25) is 0 Å². The molecule has 6 heteroatoms. The number of nitriles is 1. The van der Waals surface area contributed by atoms with Crippen molar-refractivity contribution in [3.63, 3.8) is 0 Å². The second-order valence-corrected chi connectivity index (χ2v) is 6.63. The van der Waals surface area contributed by atoms with E-state index in [4.69, 9.17) is 5.73 Å². The van der Waals surface area contributed by atoms with Gasteiger partial charge in [0.2, 0.25) is 0 Å². The van der Waals surface area contributed by atoms with Gasteiger partial charge in [-0.15, -0.1) is 11.3 Å². The molecule has 114 valence electrons. The van der Waals surface area contributed by atoms with Gasteiger partial charge in [-0.2, -0.15) is 5.26 Å². The van der Waals surface area contributed by atoms with Crippen molar-refractivity contribution in [2.24, 2.45) is 5.73 Å². The number of ketones is 1. The van der Waals surface area contributed by atoms with Gasteiger partial charge in [0.05, 0.1) is 17.6 Å². The van der Waals surface area contributed by atoms with Crippen LogP contribution >= 0.6 is 11.3 Å². The summed E-state index contributed by atoms with van der Waals surface area (Å²) in [6.07, 6.45) is 2.18. The topological polar surface area (TPSA) is 73.4 Å². The molecule has 0 fully saturated rings. The smallest absolute Gasteiger partial charge is 0.161 e. The number of carbonyl (C=O) groups is 1. The summed E-state index contributed by atoms with van der Waals surface area (Å²) in [5.41, 5.74) is 8.43. The maximum atomic E-state index is 12.6. The highest BCUT2D eigenvalue weighted by atomic mass is 32.1. The first-order valence-corrected chi connectivity index (χ1v) is 8.11. The Bertz CT molecular complexity index is 709. The Morgan fingerprint density at radius 3 is 2.82 bits per heavy atom. The van der Waals surface area contributed by atoms with Crippen LogP contribution in [0.5, 0.6) is 0 Å². The van der Waals surface area contributed by atoms with E-state index in [1.807, 2.05) is 41.6 Å². The minimum absolute atomic E-state index is 0.131. The molecule has 0 saturated carbocycles. The fourth-order valence-electron chi connectivity index (χ4n) is 3.26. The summed E-state index contributed by atoms with van der Waals surface area (Å²) in [6, 6.07) is 6.15. The fourth-order valence-corrected chi connectivity index (χ4v) is 4.11. The van der Waals surface area contributed by atoms with E-state index >= 15 is 0 Å². The molecule has 1 aliphatic carbocycles. The van der Waals surface area contributed by atoms with E-state index in [2.05, 4.69) is 6.07 Å². The van der Waals surface area contributed by atoms with Crippen LogP contribution in [0.25, 0.3) is 0 Å². The Morgan fingerprint density at radius 1 is 1.45 bits per heavy atom. The minimum atomic E-state index is -0.316. The molecule has 2 N–H and O–H groups in total. The van der Waals surface area contributed by atoms with E-state index in [9.17, 15) is 10.1 Å². The fraction of sp³-hybridized carbons (Fsp3) is 0.375. The Hall–Kier alpha value is -2.10. The maximum absolute atomic E-state index is 12.6. The van der Waals surface area contributed by atoms with Gasteiger partial charge in [-0.1, -0.05) is 6.07 Å². The van der Waals surface area contributed by atoms with Gasteiger partial charge in [0.1, 0.15) is 5.82 Å². The molecule has 3 rings (SSSR count). The van der Waals surface area contributed by atoms with Crippen molar-refractivity contribution in [2.45, 2.75) is 25.2 Å². The van der Waals surface area contributed by atoms with Gasteiger partial charge in [-0.05, 0) is 24.3 Å². The highest BCUT2D eigenvalue weighted by Gasteiger charge is 2.40. The number of rotatable bonds is 2. The predicted molar refractivity (Wildman–Crippen MR) is 85.3 cm³/mol. The zero-order chi connectivity index (χ0) is 15.9. The van der Waals surface area contributed by atoms with Gasteiger partial charge in [-0.25, -0.2) is 5.01 Å². The van der Waals surface area contributed by atoms with Crippen molar-refractivity contribution in [3.8, 4) is 6.07 Å². The minimum Gasteiger partial charge on any atom is -0.383 e. The van der Waals surface area contributed by atoms with Gasteiger partial charge in [-0.3, -0.25) is 9.80 Å². The molecule has 5 nitrogen and oxygen atoms in total. The van der Waals surface area contributed by atoms with E-state index in [1.165, 1.54) is 0 Å². The SMILES string of the molecule is CN(C)N1C(N)=C(C#N)[C@@H](c2cccs2)C2=C1CCCC2=O. The Morgan fingerprint density at radius 2 is 2.23 bits per heavy atom. The number of nitrogens with zero attached hydrogens (tertiary/aromatic N) is 3. The van der Waals surface area contributed by atoms with Crippen LogP contribution in [0.4, 0.5) is 0 Å². The first-order chi connectivity index (χ1) is 10.6. The monoisotopic (exact) mass is 314 g/mol. The lowest BCUT2D eigenvalue weighted by Crippen LogP contribution is -2.45. The number of Topliss-reactive ketones (excluding diaryl/α,β-unsaturated/α-hetero) is 1. The molecule has 0 aromatic carbocycles. The number of carbonyl (C=O) groups excluding carboxylic acids is 1. The third-order valence-corrected chi connectivity index (χ3v) is 5.05. The van der Waals surface area contributed by atoms with Gasteiger partial charge in [0.15, 0.2) is 5.78 Å². The maximum Gasteiger partial charge on any atom is 0.161 e. The zero-order valence-corrected chi connectivity index (χ0v) is 13.5. The zero-order valence-electron chi connectivity index (χ0n) is 12.7. The van der Waals surface area contributed by atoms with E-state index in [0.29, 0.717) is 17.8 Å². The Labute approximate surface area is 133 Å². The first-order valence-electron chi connectivity index (χ1n) is 7.23. The highest BCUT2D eigenvalue weighted by Crippen LogP contribution is 2.45. The van der Waals surface area contributed by atoms with Crippen LogP contribution in [0.15, 0.2) is 40.2 Å². The summed E-state index contributed by atoms with van der Waals surface area (Å²) < 4.78 is 0. The van der Waals surface area contributed by atoms with Crippen LogP contribution < -0.4 is 5.73 Å². The Kier molecular flexibility index (Phi) is 3.77. The van der Waals surface area contributed by atoms with Crippen molar-refractivity contribution in [1.29, 1.82) is 5.26 Å². The summed E-state index contributed by atoms with van der Waals surface area (Å²) in [6.45, 7) is 0. The Balaban J connectivity index is 2.25. The molecule has 0 amide bonds. The molecule has 0 saturated heterocycles. The van der Waals surface area contributed by atoms with Gasteiger partial charge >= 0.3 is 0 Å². The first kappa shape index (κ1) is 14.8. The van der Waals surface area contributed by atoms with Crippen LogP contribution in [-0.4, -0.2) is 29.9 Å². The molecule has 22 heavy (non-hydrogen) atoms. The number of allylic oxidation sites excluding steroid dienone is 3. The lowest BCUT2D eigenvalue weighted by atomic mass is 9.79. The molecule has 0 unspecified atom stereocenters. The van der Waals surface area contributed by atoms with E-state index in [1.54, 1.807) is 11.3 Å². The van der Waals surface area contributed by atoms with Crippen molar-refractivity contribution >= 4 is 17.1 Å². The molecular formula is C16H18N4OS. The third kappa shape index (κ3) is 2.14. The molecule has 0 radical (unpaired) electrons. The molecule has 1 aromatic heterocycles. The highest BCUT2D eigenvalue weighted by molar-refractivity contribution is 7.10. The number of hydrogen-bond donors (Lipinski definition) is 1. The summed E-state index contributed by atoms with van der Waals surface area (Å²) in [5, 5.41) is 15.3. The van der Waals surface area contributed by atoms with Crippen molar-refractivity contribution in [3.05, 3.63) is 45.1 Å². The van der Waals surface area contributed by atoms with Gasteiger partial charge in [0.25, 0.3) is 0 Å². The molecule has 0 spiro atoms. The lowest BCUT2D eigenvalue weighted by molar-refractivity contribution is -0.116. The van der Waals surface area contributed by atoms with Crippen LogP contribution in [0, 0.1) is 11.3 Å². The van der Waals surface area contributed by atoms with E-state index < -0.39 is 0 Å². The lowest BCUT2D eigenvalue weighted by Gasteiger charge is -2.42. The van der Waals surface area contributed by atoms with Crippen LogP contribution in [0.3, 0.4) is 0 Å². The summed E-state index contributed by atoms with van der Waals surface area (Å²) >= 11 is 1.56.